The number of H-pyrrole nitrogens is 1. The Kier molecular flexibility index (Phi) is 4.89. The summed E-state index contributed by atoms with van der Waals surface area (Å²) in [6.07, 6.45) is 1.80. The van der Waals surface area contributed by atoms with Crippen LogP contribution >= 0.6 is 0 Å². The van der Waals surface area contributed by atoms with Gasteiger partial charge in [-0.1, -0.05) is 0 Å². The molecule has 2 heterocycles. The number of ether oxygens (including phenoxy) is 2. The molecule has 10 heteroatoms. The molecule has 1 aliphatic heterocycles. The van der Waals surface area contributed by atoms with E-state index >= 15 is 0 Å². The molecule has 3 N–H and O–H groups in total. The summed E-state index contributed by atoms with van der Waals surface area (Å²) in [6, 6.07) is 8.34. The van der Waals surface area contributed by atoms with Crippen LogP contribution in [0.3, 0.4) is 0 Å². The number of sulfonamides is 1. The molecule has 3 aromatic rings. The number of carbonyl (C=O) groups excluding carboxylic acids is 1. The molecule has 9 nitrogen and oxygen atoms in total. The number of hydrogen-bond donors (Lipinski definition) is 3. The summed E-state index contributed by atoms with van der Waals surface area (Å²) in [4.78, 5) is 19.2. The normalized spacial score (nSPS) is 16.8. The lowest BCUT2D eigenvalue weighted by molar-refractivity contribution is 0.0597. The fourth-order valence-electron chi connectivity index (χ4n) is 3.21. The first-order valence-electron chi connectivity index (χ1n) is 8.93. The fraction of sp³-hybridized carbons (Fsp3) is 0.263. The molecular formula is C19H19N3O6S. The minimum absolute atomic E-state index is 0.0729. The maximum absolute atomic E-state index is 12.7. The molecular weight excluding hydrogens is 398 g/mol. The third kappa shape index (κ3) is 3.76. The second kappa shape index (κ2) is 7.37. The van der Waals surface area contributed by atoms with Gasteiger partial charge >= 0.3 is 5.97 Å². The lowest BCUT2D eigenvalue weighted by atomic mass is 10.2. The van der Waals surface area contributed by atoms with Gasteiger partial charge in [0.15, 0.2) is 0 Å². The number of rotatable bonds is 5. The predicted octanol–water partition coefficient (Wildman–Crippen LogP) is 2.71. The Bertz CT molecular complexity index is 1180. The fourth-order valence-corrected chi connectivity index (χ4v) is 4.28. The SMILES string of the molecule is COC(=O)c1cc(S(=O)(=O)Nc2ccc3nc(C4CCCO4)[nH]c3c2)ccc1O. The highest BCUT2D eigenvalue weighted by Crippen LogP contribution is 2.29. The minimum Gasteiger partial charge on any atom is -0.507 e. The summed E-state index contributed by atoms with van der Waals surface area (Å²) in [6.45, 7) is 0.701. The van der Waals surface area contributed by atoms with Crippen molar-refractivity contribution in [3.05, 3.63) is 47.8 Å². The van der Waals surface area contributed by atoms with Gasteiger partial charge in [-0.25, -0.2) is 18.2 Å². The van der Waals surface area contributed by atoms with Crippen LogP contribution in [0.4, 0.5) is 5.69 Å². The van der Waals surface area contributed by atoms with Crippen LogP contribution in [-0.4, -0.2) is 43.2 Å². The van der Waals surface area contributed by atoms with Crippen LogP contribution in [0.15, 0.2) is 41.3 Å². The number of fused-ring (bicyclic) bond motifs is 1. The number of hydrogen-bond acceptors (Lipinski definition) is 7. The van der Waals surface area contributed by atoms with Crippen LogP contribution < -0.4 is 4.72 Å². The largest absolute Gasteiger partial charge is 0.507 e. The van der Waals surface area contributed by atoms with Gasteiger partial charge in [0, 0.05) is 6.61 Å². The van der Waals surface area contributed by atoms with Gasteiger partial charge in [-0.05, 0) is 49.2 Å². The van der Waals surface area contributed by atoms with Crippen molar-refractivity contribution >= 4 is 32.7 Å². The molecule has 1 aromatic heterocycles. The molecule has 1 unspecified atom stereocenters. The van der Waals surface area contributed by atoms with Crippen molar-refractivity contribution in [2.45, 2.75) is 23.8 Å². The second-order valence-corrected chi connectivity index (χ2v) is 8.31. The summed E-state index contributed by atoms with van der Waals surface area (Å²) in [5.74, 6) is -0.477. The van der Waals surface area contributed by atoms with E-state index in [1.165, 1.54) is 6.07 Å². The number of phenols is 1. The Labute approximate surface area is 166 Å². The first-order chi connectivity index (χ1) is 13.9. The third-order valence-electron chi connectivity index (χ3n) is 4.67. The van der Waals surface area contributed by atoms with E-state index in [4.69, 9.17) is 4.74 Å². The topological polar surface area (TPSA) is 131 Å². The van der Waals surface area contributed by atoms with E-state index in [9.17, 15) is 18.3 Å². The highest BCUT2D eigenvalue weighted by Gasteiger charge is 2.22. The monoisotopic (exact) mass is 417 g/mol. The molecule has 0 aliphatic carbocycles. The lowest BCUT2D eigenvalue weighted by Crippen LogP contribution is -2.14. The Morgan fingerprint density at radius 1 is 1.31 bits per heavy atom. The van der Waals surface area contributed by atoms with Crippen molar-refractivity contribution in [1.82, 2.24) is 9.97 Å². The molecule has 0 amide bonds. The minimum atomic E-state index is -4.00. The van der Waals surface area contributed by atoms with Crippen molar-refractivity contribution in [2.75, 3.05) is 18.4 Å². The molecule has 1 aliphatic rings. The molecule has 0 saturated carbocycles. The van der Waals surface area contributed by atoms with Gasteiger partial charge in [-0.3, -0.25) is 4.72 Å². The Hall–Kier alpha value is -3.11. The van der Waals surface area contributed by atoms with Gasteiger partial charge in [-0.2, -0.15) is 0 Å². The number of carbonyl (C=O) groups is 1. The summed E-state index contributed by atoms with van der Waals surface area (Å²) in [5, 5.41) is 9.77. The standard InChI is InChI=1S/C19H19N3O6S/c1-27-19(24)13-10-12(5-7-16(13)23)29(25,26)22-11-4-6-14-15(9-11)21-18(20-14)17-3-2-8-28-17/h4-7,9-10,17,22-23H,2-3,8H2,1H3,(H,20,21). The molecule has 152 valence electrons. The molecule has 0 bridgehead atoms. The zero-order valence-corrected chi connectivity index (χ0v) is 16.3. The number of aromatic hydroxyl groups is 1. The van der Waals surface area contributed by atoms with E-state index in [0.717, 1.165) is 37.9 Å². The molecule has 1 atom stereocenters. The molecule has 0 spiro atoms. The van der Waals surface area contributed by atoms with Crippen LogP contribution in [0.2, 0.25) is 0 Å². The summed E-state index contributed by atoms with van der Waals surface area (Å²) < 4.78 is 38.1. The number of nitrogens with one attached hydrogen (secondary N) is 2. The Morgan fingerprint density at radius 2 is 2.14 bits per heavy atom. The van der Waals surface area contributed by atoms with E-state index in [1.807, 2.05) is 0 Å². The molecule has 1 fully saturated rings. The maximum Gasteiger partial charge on any atom is 0.341 e. The van der Waals surface area contributed by atoms with Crippen molar-refractivity contribution in [1.29, 1.82) is 0 Å². The lowest BCUT2D eigenvalue weighted by Gasteiger charge is -2.10. The Balaban J connectivity index is 1.62. The molecule has 0 radical (unpaired) electrons. The number of nitrogens with zero attached hydrogens (tertiary/aromatic N) is 1. The van der Waals surface area contributed by atoms with E-state index in [1.54, 1.807) is 18.2 Å². The molecule has 29 heavy (non-hydrogen) atoms. The number of esters is 1. The third-order valence-corrected chi connectivity index (χ3v) is 6.05. The number of phenolic OH excluding ortho intramolecular Hbond substituents is 1. The molecule has 2 aromatic carbocycles. The van der Waals surface area contributed by atoms with Crippen molar-refractivity contribution in [3.8, 4) is 5.75 Å². The van der Waals surface area contributed by atoms with Crippen LogP contribution in [0.1, 0.15) is 35.1 Å². The van der Waals surface area contributed by atoms with E-state index in [-0.39, 0.29) is 22.3 Å². The van der Waals surface area contributed by atoms with Crippen LogP contribution in [0, 0.1) is 0 Å². The van der Waals surface area contributed by atoms with E-state index < -0.39 is 16.0 Å². The highest BCUT2D eigenvalue weighted by molar-refractivity contribution is 7.92. The number of imidazole rings is 1. The van der Waals surface area contributed by atoms with Crippen LogP contribution in [0.5, 0.6) is 5.75 Å². The van der Waals surface area contributed by atoms with E-state index in [2.05, 4.69) is 19.4 Å². The van der Waals surface area contributed by atoms with Gasteiger partial charge in [0.1, 0.15) is 23.2 Å². The first-order valence-corrected chi connectivity index (χ1v) is 10.4. The number of aromatic nitrogens is 2. The van der Waals surface area contributed by atoms with Crippen LogP contribution in [-0.2, 0) is 19.5 Å². The van der Waals surface area contributed by atoms with Gasteiger partial charge in [0.25, 0.3) is 10.0 Å². The van der Waals surface area contributed by atoms with Gasteiger partial charge in [-0.15, -0.1) is 0 Å². The van der Waals surface area contributed by atoms with Crippen molar-refractivity contribution < 1.29 is 27.8 Å². The molecule has 1 saturated heterocycles. The number of anilines is 1. The quantitative estimate of drug-likeness (QED) is 0.544. The van der Waals surface area contributed by atoms with Crippen LogP contribution in [0.25, 0.3) is 11.0 Å². The second-order valence-electron chi connectivity index (χ2n) is 6.63. The average Bonchev–Trinajstić information content (AvgIpc) is 3.36. The summed E-state index contributed by atoms with van der Waals surface area (Å²) in [7, 11) is -2.86. The number of aromatic amines is 1. The maximum atomic E-state index is 12.7. The van der Waals surface area contributed by atoms with Crippen molar-refractivity contribution in [3.63, 3.8) is 0 Å². The zero-order valence-electron chi connectivity index (χ0n) is 15.5. The first kappa shape index (κ1) is 19.2. The van der Waals surface area contributed by atoms with Crippen molar-refractivity contribution in [2.24, 2.45) is 0 Å². The van der Waals surface area contributed by atoms with Gasteiger partial charge in [0.2, 0.25) is 0 Å². The predicted molar refractivity (Wildman–Crippen MR) is 104 cm³/mol. The van der Waals surface area contributed by atoms with Gasteiger partial charge < -0.3 is 19.6 Å². The number of methoxy groups -OCH3 is 1. The summed E-state index contributed by atoms with van der Waals surface area (Å²) in [5.41, 5.74) is 1.47. The smallest absolute Gasteiger partial charge is 0.341 e. The summed E-state index contributed by atoms with van der Waals surface area (Å²) >= 11 is 0. The van der Waals surface area contributed by atoms with Gasteiger partial charge in [0.05, 0.1) is 28.7 Å². The highest BCUT2D eigenvalue weighted by atomic mass is 32.2. The molecule has 4 rings (SSSR count). The Morgan fingerprint density at radius 3 is 2.86 bits per heavy atom. The number of benzene rings is 2. The average molecular weight is 417 g/mol. The van der Waals surface area contributed by atoms with E-state index in [0.29, 0.717) is 23.3 Å². The zero-order chi connectivity index (χ0) is 20.6.